The lowest BCUT2D eigenvalue weighted by atomic mass is 9.85. The molecule has 3 unspecified atom stereocenters. The Morgan fingerprint density at radius 1 is 1.39 bits per heavy atom. The molecule has 3 heteroatoms. The maximum Gasteiger partial charge on any atom is 0.0507 e. The molecule has 0 saturated heterocycles. The molecule has 1 heterocycles. The molecule has 0 aliphatic carbocycles. The van der Waals surface area contributed by atoms with Gasteiger partial charge in [-0.2, -0.15) is 11.3 Å². The lowest BCUT2D eigenvalue weighted by molar-refractivity contribution is 0.0833. The Morgan fingerprint density at radius 2 is 2.00 bits per heavy atom. The van der Waals surface area contributed by atoms with Crippen LogP contribution in [-0.4, -0.2) is 24.0 Å². The van der Waals surface area contributed by atoms with Gasteiger partial charge in [0.25, 0.3) is 0 Å². The average Bonchev–Trinajstić information content (AvgIpc) is 2.80. The number of hydrogen-bond donors (Lipinski definition) is 1. The molecule has 0 bridgehead atoms. The van der Waals surface area contributed by atoms with E-state index in [4.69, 9.17) is 5.73 Å². The molecule has 0 aromatic carbocycles. The molecule has 104 valence electrons. The molecule has 0 saturated carbocycles. The summed E-state index contributed by atoms with van der Waals surface area (Å²) in [7, 11) is 2.20. The van der Waals surface area contributed by atoms with Crippen molar-refractivity contribution in [2.24, 2.45) is 11.1 Å². The van der Waals surface area contributed by atoms with E-state index in [1.165, 1.54) is 5.56 Å². The highest BCUT2D eigenvalue weighted by Crippen LogP contribution is 2.32. The van der Waals surface area contributed by atoms with Crippen molar-refractivity contribution in [1.82, 2.24) is 4.90 Å². The first kappa shape index (κ1) is 15.7. The van der Waals surface area contributed by atoms with Crippen molar-refractivity contribution >= 4 is 11.3 Å². The van der Waals surface area contributed by atoms with Gasteiger partial charge in [0.1, 0.15) is 0 Å². The molecule has 3 atom stereocenters. The van der Waals surface area contributed by atoms with E-state index in [0.717, 1.165) is 6.42 Å². The maximum atomic E-state index is 6.35. The highest BCUT2D eigenvalue weighted by molar-refractivity contribution is 7.07. The molecule has 0 radical (unpaired) electrons. The fraction of sp³-hybridized carbons (Fsp3) is 0.733. The Labute approximate surface area is 116 Å². The van der Waals surface area contributed by atoms with E-state index in [0.29, 0.717) is 12.1 Å². The lowest BCUT2D eigenvalue weighted by Crippen LogP contribution is -2.47. The van der Waals surface area contributed by atoms with Gasteiger partial charge in [0.2, 0.25) is 0 Å². The molecule has 0 spiro atoms. The van der Waals surface area contributed by atoms with Gasteiger partial charge in [0.05, 0.1) is 6.04 Å². The van der Waals surface area contributed by atoms with Crippen LogP contribution in [0.5, 0.6) is 0 Å². The van der Waals surface area contributed by atoms with Crippen LogP contribution < -0.4 is 5.73 Å². The first-order valence-corrected chi connectivity index (χ1v) is 7.73. The number of thiophene rings is 1. The Bertz CT molecular complexity index is 340. The van der Waals surface area contributed by atoms with Crippen molar-refractivity contribution in [2.75, 3.05) is 7.05 Å². The number of nitrogens with two attached hydrogens (primary N) is 1. The van der Waals surface area contributed by atoms with Gasteiger partial charge in [-0.15, -0.1) is 0 Å². The average molecular weight is 268 g/mol. The summed E-state index contributed by atoms with van der Waals surface area (Å²) in [6, 6.07) is 3.20. The summed E-state index contributed by atoms with van der Waals surface area (Å²) in [4.78, 5) is 2.44. The highest BCUT2D eigenvalue weighted by atomic mass is 32.1. The molecule has 18 heavy (non-hydrogen) atoms. The number of nitrogens with zero attached hydrogens (tertiary/aromatic N) is 1. The van der Waals surface area contributed by atoms with E-state index < -0.39 is 0 Å². The third-order valence-electron chi connectivity index (χ3n) is 4.06. The second-order valence-electron chi connectivity index (χ2n) is 6.28. The molecule has 1 aromatic rings. The minimum Gasteiger partial charge on any atom is -0.326 e. The summed E-state index contributed by atoms with van der Waals surface area (Å²) < 4.78 is 0. The minimum atomic E-state index is 0.189. The van der Waals surface area contributed by atoms with Crippen LogP contribution in [0.2, 0.25) is 0 Å². The zero-order chi connectivity index (χ0) is 13.9. The van der Waals surface area contributed by atoms with E-state index in [1.54, 1.807) is 11.3 Å². The van der Waals surface area contributed by atoms with Gasteiger partial charge in [-0.25, -0.2) is 0 Å². The highest BCUT2D eigenvalue weighted by Gasteiger charge is 2.32. The zero-order valence-corrected chi connectivity index (χ0v) is 13.4. The monoisotopic (exact) mass is 268 g/mol. The van der Waals surface area contributed by atoms with Crippen LogP contribution in [0, 0.1) is 5.41 Å². The molecule has 0 aliphatic rings. The Kier molecular flexibility index (Phi) is 5.38. The zero-order valence-electron chi connectivity index (χ0n) is 12.6. The Hall–Kier alpha value is -0.380. The van der Waals surface area contributed by atoms with Gasteiger partial charge in [-0.3, -0.25) is 4.90 Å². The number of hydrogen-bond acceptors (Lipinski definition) is 3. The summed E-state index contributed by atoms with van der Waals surface area (Å²) in [5.74, 6) is 0. The topological polar surface area (TPSA) is 29.3 Å². The van der Waals surface area contributed by atoms with Crippen LogP contribution in [-0.2, 0) is 0 Å². The predicted molar refractivity (Wildman–Crippen MR) is 82.0 cm³/mol. The van der Waals surface area contributed by atoms with Crippen molar-refractivity contribution in [3.63, 3.8) is 0 Å². The van der Waals surface area contributed by atoms with Crippen LogP contribution in [0.3, 0.4) is 0 Å². The summed E-state index contributed by atoms with van der Waals surface area (Å²) >= 11 is 1.75. The van der Waals surface area contributed by atoms with Gasteiger partial charge in [0.15, 0.2) is 0 Å². The van der Waals surface area contributed by atoms with E-state index in [1.807, 2.05) is 0 Å². The molecule has 1 aromatic heterocycles. The third-order valence-corrected chi connectivity index (χ3v) is 4.77. The van der Waals surface area contributed by atoms with Crippen LogP contribution in [0.25, 0.3) is 0 Å². The van der Waals surface area contributed by atoms with Crippen molar-refractivity contribution in [3.8, 4) is 0 Å². The van der Waals surface area contributed by atoms with Crippen LogP contribution >= 0.6 is 11.3 Å². The smallest absolute Gasteiger partial charge is 0.0507 e. The van der Waals surface area contributed by atoms with E-state index >= 15 is 0 Å². The van der Waals surface area contributed by atoms with Gasteiger partial charge in [0, 0.05) is 12.1 Å². The maximum absolute atomic E-state index is 6.35. The summed E-state index contributed by atoms with van der Waals surface area (Å²) in [6.07, 6.45) is 1.00. The lowest BCUT2D eigenvalue weighted by Gasteiger charge is -2.42. The van der Waals surface area contributed by atoms with Crippen molar-refractivity contribution in [2.45, 2.75) is 59.2 Å². The summed E-state index contributed by atoms with van der Waals surface area (Å²) in [5, 5.41) is 4.37. The Morgan fingerprint density at radius 3 is 2.39 bits per heavy atom. The van der Waals surface area contributed by atoms with Gasteiger partial charge in [-0.1, -0.05) is 27.7 Å². The molecule has 2 N–H and O–H groups in total. The normalized spacial score (nSPS) is 17.8. The molecular formula is C15H28N2S. The van der Waals surface area contributed by atoms with Crippen molar-refractivity contribution < 1.29 is 0 Å². The van der Waals surface area contributed by atoms with Gasteiger partial charge < -0.3 is 5.73 Å². The van der Waals surface area contributed by atoms with E-state index in [-0.39, 0.29) is 11.5 Å². The molecule has 1 rings (SSSR count). The summed E-state index contributed by atoms with van der Waals surface area (Å²) in [6.45, 7) is 11.3. The first-order chi connectivity index (χ1) is 8.29. The number of likely N-dealkylation sites (N-methyl/N-ethyl adjacent to an activating group) is 1. The molecule has 2 nitrogen and oxygen atoms in total. The van der Waals surface area contributed by atoms with Gasteiger partial charge >= 0.3 is 0 Å². The molecule has 0 aliphatic heterocycles. The molecule has 0 fully saturated rings. The number of rotatable bonds is 5. The second-order valence-corrected chi connectivity index (χ2v) is 7.06. The molecule has 0 amide bonds. The third kappa shape index (κ3) is 3.56. The van der Waals surface area contributed by atoms with Crippen LogP contribution in [0.15, 0.2) is 16.8 Å². The predicted octanol–water partition coefficient (Wildman–Crippen LogP) is 3.89. The fourth-order valence-electron chi connectivity index (χ4n) is 2.30. The minimum absolute atomic E-state index is 0.189. The SMILES string of the molecule is CCC(N)C(c1ccsc1)N(C)C(C)C(C)(C)C. The standard InChI is InChI=1S/C15H28N2S/c1-7-13(16)14(12-8-9-18-10-12)17(6)11(2)15(3,4)5/h8-11,13-14H,7,16H2,1-6H3. The quantitative estimate of drug-likeness (QED) is 0.877. The van der Waals surface area contributed by atoms with Crippen molar-refractivity contribution in [1.29, 1.82) is 0 Å². The Balaban J connectivity index is 2.97. The summed E-state index contributed by atoms with van der Waals surface area (Å²) in [5.41, 5.74) is 7.97. The van der Waals surface area contributed by atoms with Gasteiger partial charge in [-0.05, 0) is 48.2 Å². The first-order valence-electron chi connectivity index (χ1n) is 6.78. The van der Waals surface area contributed by atoms with Crippen LogP contribution in [0.4, 0.5) is 0 Å². The second kappa shape index (κ2) is 6.18. The van der Waals surface area contributed by atoms with E-state index in [2.05, 4.69) is 63.4 Å². The fourth-order valence-corrected chi connectivity index (χ4v) is 2.99. The largest absolute Gasteiger partial charge is 0.326 e. The molecular weight excluding hydrogens is 240 g/mol. The van der Waals surface area contributed by atoms with Crippen LogP contribution in [0.1, 0.15) is 52.6 Å². The van der Waals surface area contributed by atoms with E-state index in [9.17, 15) is 0 Å². The van der Waals surface area contributed by atoms with Crippen molar-refractivity contribution in [3.05, 3.63) is 22.4 Å².